The van der Waals surface area contributed by atoms with Gasteiger partial charge in [-0.05, 0) is 66.7 Å². The lowest BCUT2D eigenvalue weighted by Crippen LogP contribution is -2.20. The predicted molar refractivity (Wildman–Crippen MR) is 168 cm³/mol. The Morgan fingerprint density at radius 3 is 2.64 bits per heavy atom. The number of ether oxygens (including phenoxy) is 1. The van der Waals surface area contributed by atoms with Gasteiger partial charge in [-0.1, -0.05) is 35.3 Å². The molecule has 11 nitrogen and oxygen atoms in total. The summed E-state index contributed by atoms with van der Waals surface area (Å²) in [5.74, 6) is -1.16. The van der Waals surface area contributed by atoms with Gasteiger partial charge in [0.05, 0.1) is 27.1 Å². The molecule has 1 N–H and O–H groups in total. The Balaban J connectivity index is 1.34. The number of nitrogens with one attached hydrogen (secondary N) is 1. The number of furan rings is 1. The van der Waals surface area contributed by atoms with Crippen LogP contribution < -0.4 is 15.6 Å². The number of nitrogens with zero attached hydrogens (tertiary/aromatic N) is 4. The number of nitro benzene ring substituents is 1. The van der Waals surface area contributed by atoms with Crippen molar-refractivity contribution in [3.05, 3.63) is 127 Å². The maximum Gasteiger partial charge on any atom is 0.313 e. The van der Waals surface area contributed by atoms with Crippen molar-refractivity contribution in [2.75, 3.05) is 11.9 Å². The first-order valence-corrected chi connectivity index (χ1v) is 13.8. The van der Waals surface area contributed by atoms with Gasteiger partial charge in [-0.2, -0.15) is 9.78 Å². The van der Waals surface area contributed by atoms with Crippen molar-refractivity contribution in [2.24, 2.45) is 5.10 Å². The monoisotopic (exact) mass is 645 g/mol. The molecule has 1 amide bonds. The molecule has 4 aromatic carbocycles. The number of amides is 1. The van der Waals surface area contributed by atoms with E-state index in [-0.39, 0.29) is 33.3 Å². The van der Waals surface area contributed by atoms with Crippen molar-refractivity contribution in [1.29, 1.82) is 0 Å². The second kappa shape index (κ2) is 12.2. The molecule has 0 fully saturated rings. The number of fused-ring (bicyclic) bond motifs is 2. The van der Waals surface area contributed by atoms with Crippen LogP contribution in [0.2, 0.25) is 10.0 Å². The van der Waals surface area contributed by atoms with E-state index >= 15 is 0 Å². The second-order valence-electron chi connectivity index (χ2n) is 9.56. The molecule has 0 aliphatic rings. The topological polar surface area (TPSA) is 142 Å². The SMILES string of the molecule is O=C(COc1c(Cl)cc(C=Nn2c(-c3cc4cc(Cl)ccc4o3)nc3ccccc3c2=O)cc1[N+](=O)[O-])Nc1ccc(F)cc1. The van der Waals surface area contributed by atoms with Crippen LogP contribution in [0, 0.1) is 15.9 Å². The molecular formula is C31H18Cl2FN5O6. The summed E-state index contributed by atoms with van der Waals surface area (Å²) in [6.45, 7) is -0.615. The molecule has 0 unspecified atom stereocenters. The molecule has 6 aromatic rings. The van der Waals surface area contributed by atoms with Crippen LogP contribution in [0.25, 0.3) is 33.5 Å². The van der Waals surface area contributed by atoms with Crippen LogP contribution in [-0.2, 0) is 4.79 Å². The number of nitro groups is 1. The molecule has 0 saturated carbocycles. The summed E-state index contributed by atoms with van der Waals surface area (Å²) in [5, 5.41) is 20.0. The number of para-hydroxylation sites is 1. The van der Waals surface area contributed by atoms with E-state index in [9.17, 15) is 24.1 Å². The number of aromatic nitrogens is 2. The van der Waals surface area contributed by atoms with Crippen LogP contribution in [0.15, 0.2) is 99.2 Å². The lowest BCUT2D eigenvalue weighted by molar-refractivity contribution is -0.385. The highest BCUT2D eigenvalue weighted by atomic mass is 35.5. The zero-order valence-corrected chi connectivity index (χ0v) is 24.3. The molecule has 0 radical (unpaired) electrons. The Bertz CT molecular complexity index is 2220. The van der Waals surface area contributed by atoms with Crippen molar-refractivity contribution in [1.82, 2.24) is 9.66 Å². The minimum atomic E-state index is -0.731. The average Bonchev–Trinajstić information content (AvgIpc) is 3.44. The third kappa shape index (κ3) is 6.23. The van der Waals surface area contributed by atoms with E-state index in [2.05, 4.69) is 15.4 Å². The summed E-state index contributed by atoms with van der Waals surface area (Å²) in [4.78, 5) is 41.6. The van der Waals surface area contributed by atoms with Gasteiger partial charge < -0.3 is 14.5 Å². The molecule has 6 rings (SSSR count). The lowest BCUT2D eigenvalue weighted by Gasteiger charge is -2.10. The zero-order valence-electron chi connectivity index (χ0n) is 22.7. The van der Waals surface area contributed by atoms with Crippen molar-refractivity contribution in [2.45, 2.75) is 0 Å². The summed E-state index contributed by atoms with van der Waals surface area (Å²) < 4.78 is 25.5. The summed E-state index contributed by atoms with van der Waals surface area (Å²) in [5.41, 5.74) is 0.316. The largest absolute Gasteiger partial charge is 0.476 e. The Hall–Kier alpha value is -5.59. The van der Waals surface area contributed by atoms with Gasteiger partial charge in [0.15, 0.2) is 12.4 Å². The van der Waals surface area contributed by atoms with Gasteiger partial charge in [-0.3, -0.25) is 19.7 Å². The smallest absolute Gasteiger partial charge is 0.313 e. The predicted octanol–water partition coefficient (Wildman–Crippen LogP) is 7.06. The maximum atomic E-state index is 13.5. The second-order valence-corrected chi connectivity index (χ2v) is 10.4. The van der Waals surface area contributed by atoms with E-state index in [1.54, 1.807) is 48.5 Å². The van der Waals surface area contributed by atoms with Gasteiger partial charge in [-0.25, -0.2) is 9.37 Å². The van der Waals surface area contributed by atoms with Crippen molar-refractivity contribution in [3.63, 3.8) is 0 Å². The zero-order chi connectivity index (χ0) is 31.7. The molecule has 0 saturated heterocycles. The quantitative estimate of drug-likeness (QED) is 0.106. The number of hydrogen-bond donors (Lipinski definition) is 1. The van der Waals surface area contributed by atoms with E-state index in [0.717, 1.165) is 22.9 Å². The average molecular weight is 646 g/mol. The molecule has 14 heteroatoms. The Morgan fingerprint density at radius 2 is 1.87 bits per heavy atom. The molecule has 2 aromatic heterocycles. The number of carbonyl (C=O) groups excluding carboxylic acids is 1. The first kappa shape index (κ1) is 29.5. The molecular weight excluding hydrogens is 628 g/mol. The third-order valence-corrected chi connectivity index (χ3v) is 7.01. The Morgan fingerprint density at radius 1 is 1.09 bits per heavy atom. The molecule has 0 spiro atoms. The van der Waals surface area contributed by atoms with Gasteiger partial charge in [0.2, 0.25) is 11.6 Å². The molecule has 0 aliphatic heterocycles. The van der Waals surface area contributed by atoms with Crippen molar-refractivity contribution < 1.29 is 23.3 Å². The van der Waals surface area contributed by atoms with Crippen LogP contribution >= 0.6 is 23.2 Å². The van der Waals surface area contributed by atoms with E-state index in [0.29, 0.717) is 27.2 Å². The minimum Gasteiger partial charge on any atom is -0.476 e. The summed E-state index contributed by atoms with van der Waals surface area (Å²) >= 11 is 12.5. The fourth-order valence-electron chi connectivity index (χ4n) is 4.46. The van der Waals surface area contributed by atoms with Crippen LogP contribution in [0.5, 0.6) is 5.75 Å². The molecule has 45 heavy (non-hydrogen) atoms. The first-order chi connectivity index (χ1) is 21.7. The van der Waals surface area contributed by atoms with Crippen LogP contribution in [-0.4, -0.2) is 33.3 Å². The molecule has 0 bridgehead atoms. The number of rotatable bonds is 8. The minimum absolute atomic E-state index is 0.0787. The van der Waals surface area contributed by atoms with Crippen molar-refractivity contribution >= 4 is 68.6 Å². The van der Waals surface area contributed by atoms with Crippen molar-refractivity contribution in [3.8, 4) is 17.3 Å². The first-order valence-electron chi connectivity index (χ1n) is 13.1. The third-order valence-electron chi connectivity index (χ3n) is 6.49. The summed E-state index contributed by atoms with van der Waals surface area (Å²) in [7, 11) is 0. The number of anilines is 1. The number of hydrogen-bond acceptors (Lipinski definition) is 8. The van der Waals surface area contributed by atoms with Gasteiger partial charge in [0, 0.05) is 27.7 Å². The number of carbonyl (C=O) groups is 1. The van der Waals surface area contributed by atoms with Gasteiger partial charge >= 0.3 is 5.69 Å². The van der Waals surface area contributed by atoms with E-state index < -0.39 is 34.5 Å². The highest BCUT2D eigenvalue weighted by Crippen LogP contribution is 2.36. The summed E-state index contributed by atoms with van der Waals surface area (Å²) in [6.07, 6.45) is 1.20. The Kier molecular flexibility index (Phi) is 7.98. The fraction of sp³-hybridized carbons (Fsp3) is 0.0323. The van der Waals surface area contributed by atoms with E-state index in [4.69, 9.17) is 32.4 Å². The van der Waals surface area contributed by atoms with Gasteiger partial charge in [-0.15, -0.1) is 0 Å². The normalized spacial score (nSPS) is 11.4. The van der Waals surface area contributed by atoms with E-state index in [1.165, 1.54) is 24.4 Å². The van der Waals surface area contributed by atoms with Crippen LogP contribution in [0.1, 0.15) is 5.56 Å². The Labute approximate surface area is 262 Å². The lowest BCUT2D eigenvalue weighted by atomic mass is 10.2. The highest BCUT2D eigenvalue weighted by Gasteiger charge is 2.22. The van der Waals surface area contributed by atoms with Crippen LogP contribution in [0.3, 0.4) is 0 Å². The molecule has 0 atom stereocenters. The summed E-state index contributed by atoms with van der Waals surface area (Å²) in [6, 6.07) is 20.9. The molecule has 224 valence electrons. The van der Waals surface area contributed by atoms with Gasteiger partial charge in [0.1, 0.15) is 11.4 Å². The molecule has 2 heterocycles. The highest BCUT2D eigenvalue weighted by molar-refractivity contribution is 6.32. The van der Waals surface area contributed by atoms with Crippen LogP contribution in [0.4, 0.5) is 15.8 Å². The number of benzene rings is 4. The number of halogens is 3. The van der Waals surface area contributed by atoms with Gasteiger partial charge in [0.25, 0.3) is 11.5 Å². The van der Waals surface area contributed by atoms with E-state index in [1.807, 2.05) is 0 Å². The fourth-order valence-corrected chi connectivity index (χ4v) is 4.92. The standard InChI is InChI=1S/C31H18Cl2FN5O6/c32-19-5-10-26-18(13-19)14-27(45-26)30-37-24-4-2-1-3-22(24)31(41)38(30)35-15-17-11-23(33)29(25(12-17)39(42)43)44-16-28(40)36-21-8-6-20(34)7-9-21/h1-15H,16H2,(H,36,40). The maximum absolute atomic E-state index is 13.5. The molecule has 0 aliphatic carbocycles.